The van der Waals surface area contributed by atoms with Gasteiger partial charge in [-0.25, -0.2) is 0 Å². The van der Waals surface area contributed by atoms with Crippen LogP contribution in [0.5, 0.6) is 17.2 Å². The van der Waals surface area contributed by atoms with E-state index in [2.05, 4.69) is 22.8 Å². The summed E-state index contributed by atoms with van der Waals surface area (Å²) < 4.78 is 16.1. The van der Waals surface area contributed by atoms with Crippen LogP contribution in [0.15, 0.2) is 54.6 Å². The third-order valence-corrected chi connectivity index (χ3v) is 6.86. The quantitative estimate of drug-likeness (QED) is 0.322. The Morgan fingerprint density at radius 3 is 2.28 bits per heavy atom. The highest BCUT2D eigenvalue weighted by Gasteiger charge is 2.24. The summed E-state index contributed by atoms with van der Waals surface area (Å²) in [5, 5.41) is 5.87. The van der Waals surface area contributed by atoms with E-state index in [1.807, 2.05) is 36.6 Å². The molecule has 0 bridgehead atoms. The molecule has 0 spiro atoms. The van der Waals surface area contributed by atoms with Crippen molar-refractivity contribution in [2.24, 2.45) is 0 Å². The maximum atomic E-state index is 13.2. The van der Waals surface area contributed by atoms with Gasteiger partial charge in [-0.05, 0) is 71.4 Å². The van der Waals surface area contributed by atoms with E-state index in [1.54, 1.807) is 23.9 Å². The lowest BCUT2D eigenvalue weighted by molar-refractivity contribution is -0.118. The van der Waals surface area contributed by atoms with Crippen LogP contribution < -0.4 is 24.8 Å². The molecule has 0 saturated heterocycles. The van der Waals surface area contributed by atoms with Crippen LogP contribution >= 0.6 is 11.8 Å². The zero-order valence-electron chi connectivity index (χ0n) is 20.8. The SMILES string of the molecule is COc1cc(C(=O)N[C@@H](CCSC)C(=O)Nc2ccc3c(c2)Cc2ccccc2-3)cc(OC)c1OC. The van der Waals surface area contributed by atoms with E-state index in [0.717, 1.165) is 6.42 Å². The smallest absolute Gasteiger partial charge is 0.252 e. The van der Waals surface area contributed by atoms with Crippen molar-refractivity contribution < 1.29 is 23.8 Å². The van der Waals surface area contributed by atoms with Crippen molar-refractivity contribution in [3.63, 3.8) is 0 Å². The first-order valence-electron chi connectivity index (χ1n) is 11.6. The number of nitrogens with one attached hydrogen (secondary N) is 2. The molecule has 0 saturated carbocycles. The van der Waals surface area contributed by atoms with Gasteiger partial charge in [-0.3, -0.25) is 9.59 Å². The highest BCUT2D eigenvalue weighted by molar-refractivity contribution is 7.98. The van der Waals surface area contributed by atoms with Gasteiger partial charge in [0.05, 0.1) is 21.3 Å². The topological polar surface area (TPSA) is 85.9 Å². The Morgan fingerprint density at radius 2 is 1.61 bits per heavy atom. The molecule has 2 N–H and O–H groups in total. The lowest BCUT2D eigenvalue weighted by Gasteiger charge is -2.19. The number of methoxy groups -OCH3 is 3. The van der Waals surface area contributed by atoms with Gasteiger partial charge >= 0.3 is 0 Å². The molecule has 4 rings (SSSR count). The second-order valence-electron chi connectivity index (χ2n) is 8.42. The van der Waals surface area contributed by atoms with Crippen LogP contribution in [0.25, 0.3) is 11.1 Å². The molecule has 188 valence electrons. The Labute approximate surface area is 215 Å². The molecule has 36 heavy (non-hydrogen) atoms. The van der Waals surface area contributed by atoms with Crippen molar-refractivity contribution in [2.45, 2.75) is 18.9 Å². The van der Waals surface area contributed by atoms with Gasteiger partial charge < -0.3 is 24.8 Å². The summed E-state index contributed by atoms with van der Waals surface area (Å²) in [6, 6.07) is 16.7. The van der Waals surface area contributed by atoms with Crippen molar-refractivity contribution in [2.75, 3.05) is 38.7 Å². The number of ether oxygens (including phenoxy) is 3. The largest absolute Gasteiger partial charge is 0.493 e. The third kappa shape index (κ3) is 5.28. The number of rotatable bonds is 10. The van der Waals surface area contributed by atoms with E-state index >= 15 is 0 Å². The first kappa shape index (κ1) is 25.4. The number of benzene rings is 3. The normalized spacial score (nSPS) is 12.2. The maximum absolute atomic E-state index is 13.2. The maximum Gasteiger partial charge on any atom is 0.252 e. The van der Waals surface area contributed by atoms with Gasteiger partial charge in [-0.1, -0.05) is 30.3 Å². The fourth-order valence-electron chi connectivity index (χ4n) is 4.41. The van der Waals surface area contributed by atoms with Crippen LogP contribution in [0.3, 0.4) is 0 Å². The minimum absolute atomic E-state index is 0.264. The van der Waals surface area contributed by atoms with Crippen molar-refractivity contribution in [1.29, 1.82) is 0 Å². The minimum atomic E-state index is -0.713. The minimum Gasteiger partial charge on any atom is -0.493 e. The van der Waals surface area contributed by atoms with Gasteiger partial charge in [0.2, 0.25) is 11.7 Å². The molecule has 1 atom stereocenters. The molecular formula is C28H30N2O5S. The summed E-state index contributed by atoms with van der Waals surface area (Å²) in [4.78, 5) is 26.4. The van der Waals surface area contributed by atoms with Crippen LogP contribution in [0.2, 0.25) is 0 Å². The van der Waals surface area contributed by atoms with Crippen molar-refractivity contribution >= 4 is 29.3 Å². The average Bonchev–Trinajstić information content (AvgIpc) is 3.27. The second-order valence-corrected chi connectivity index (χ2v) is 9.40. The number of anilines is 1. The molecule has 3 aromatic carbocycles. The van der Waals surface area contributed by atoms with E-state index in [-0.39, 0.29) is 5.91 Å². The molecule has 8 heteroatoms. The highest BCUT2D eigenvalue weighted by Crippen LogP contribution is 2.39. The number of hydrogen-bond acceptors (Lipinski definition) is 6. The van der Waals surface area contributed by atoms with Gasteiger partial charge in [0.25, 0.3) is 5.91 Å². The number of amides is 2. The molecular weight excluding hydrogens is 476 g/mol. The fourth-order valence-corrected chi connectivity index (χ4v) is 4.88. The Hall–Kier alpha value is -3.65. The zero-order chi connectivity index (χ0) is 25.7. The molecule has 7 nitrogen and oxygen atoms in total. The monoisotopic (exact) mass is 506 g/mol. The summed E-state index contributed by atoms with van der Waals surface area (Å²) in [6.45, 7) is 0. The first-order chi connectivity index (χ1) is 17.5. The van der Waals surface area contributed by atoms with E-state index in [9.17, 15) is 9.59 Å². The Bertz CT molecular complexity index is 1250. The van der Waals surface area contributed by atoms with Crippen molar-refractivity contribution in [1.82, 2.24) is 5.32 Å². The molecule has 0 radical (unpaired) electrons. The number of carbonyl (C=O) groups excluding carboxylic acids is 2. The number of hydrogen-bond donors (Lipinski definition) is 2. The molecule has 0 aromatic heterocycles. The van der Waals surface area contributed by atoms with Crippen molar-refractivity contribution in [3.8, 4) is 28.4 Å². The molecule has 1 aliphatic rings. The number of fused-ring (bicyclic) bond motifs is 3. The lowest BCUT2D eigenvalue weighted by Crippen LogP contribution is -2.44. The molecule has 0 aliphatic heterocycles. The molecule has 0 fully saturated rings. The van der Waals surface area contributed by atoms with Gasteiger partial charge in [0, 0.05) is 11.3 Å². The molecule has 0 heterocycles. The van der Waals surface area contributed by atoms with Crippen LogP contribution in [0.4, 0.5) is 5.69 Å². The van der Waals surface area contributed by atoms with Crippen LogP contribution in [-0.2, 0) is 11.2 Å². The standard InChI is InChI=1S/C28H30N2O5S/c1-33-24-15-19(16-25(34-2)26(24)35-3)27(31)30-23(11-12-36-4)28(32)29-20-9-10-22-18(14-20)13-17-7-5-6-8-21(17)22/h5-10,14-16,23H,11-13H2,1-4H3,(H,29,32)(H,30,31)/t23-/m0/s1. The van der Waals surface area contributed by atoms with Crippen molar-refractivity contribution in [3.05, 3.63) is 71.3 Å². The average molecular weight is 507 g/mol. The molecule has 3 aromatic rings. The van der Waals surface area contributed by atoms with Crippen LogP contribution in [-0.4, -0.2) is 51.2 Å². The van der Waals surface area contributed by atoms with E-state index in [4.69, 9.17) is 14.2 Å². The van der Waals surface area contributed by atoms with Crippen LogP contribution in [0.1, 0.15) is 27.9 Å². The van der Waals surface area contributed by atoms with Gasteiger partial charge in [-0.2, -0.15) is 11.8 Å². The summed E-state index contributed by atoms with van der Waals surface area (Å²) in [5.41, 5.74) is 5.91. The highest BCUT2D eigenvalue weighted by atomic mass is 32.2. The molecule has 1 aliphatic carbocycles. The molecule has 2 amide bonds. The Balaban J connectivity index is 1.51. The predicted octanol–water partition coefficient (Wildman–Crippen LogP) is 4.77. The van der Waals surface area contributed by atoms with Gasteiger partial charge in [-0.15, -0.1) is 0 Å². The van der Waals surface area contributed by atoms with Gasteiger partial charge in [0.1, 0.15) is 6.04 Å². The van der Waals surface area contributed by atoms with E-state index in [1.165, 1.54) is 43.6 Å². The Kier molecular flexibility index (Phi) is 8.05. The summed E-state index contributed by atoms with van der Waals surface area (Å²) >= 11 is 1.62. The predicted molar refractivity (Wildman–Crippen MR) is 144 cm³/mol. The summed E-state index contributed by atoms with van der Waals surface area (Å²) in [6.07, 6.45) is 3.29. The number of carbonyl (C=O) groups is 2. The Morgan fingerprint density at radius 1 is 0.917 bits per heavy atom. The number of thioether (sulfide) groups is 1. The summed E-state index contributed by atoms with van der Waals surface area (Å²) in [7, 11) is 4.48. The van der Waals surface area contributed by atoms with E-state index in [0.29, 0.717) is 40.7 Å². The van der Waals surface area contributed by atoms with Crippen LogP contribution in [0, 0.1) is 0 Å². The van der Waals surface area contributed by atoms with E-state index < -0.39 is 11.9 Å². The fraction of sp³-hybridized carbons (Fsp3) is 0.286. The second kappa shape index (κ2) is 11.4. The molecule has 0 unspecified atom stereocenters. The third-order valence-electron chi connectivity index (χ3n) is 6.22. The summed E-state index contributed by atoms with van der Waals surface area (Å²) in [5.74, 6) is 1.18. The van der Waals surface area contributed by atoms with Gasteiger partial charge in [0.15, 0.2) is 11.5 Å². The first-order valence-corrected chi connectivity index (χ1v) is 13.0. The lowest BCUT2D eigenvalue weighted by atomic mass is 10.1. The zero-order valence-corrected chi connectivity index (χ0v) is 21.7.